The molecular formula is C16H13NO4S. The summed E-state index contributed by atoms with van der Waals surface area (Å²) in [5.41, 5.74) is 7.05. The van der Waals surface area contributed by atoms with Gasteiger partial charge in [-0.05, 0) is 34.7 Å². The topological polar surface area (TPSA) is 101 Å². The van der Waals surface area contributed by atoms with Gasteiger partial charge in [0.15, 0.2) is 0 Å². The van der Waals surface area contributed by atoms with Gasteiger partial charge in [0.05, 0.1) is 5.69 Å². The van der Waals surface area contributed by atoms with Crippen molar-refractivity contribution in [3.8, 4) is 16.9 Å². The first-order chi connectivity index (χ1) is 10.4. The van der Waals surface area contributed by atoms with Gasteiger partial charge in [-0.3, -0.25) is 4.55 Å². The van der Waals surface area contributed by atoms with E-state index < -0.39 is 15.0 Å². The number of nitrogen functional groups attached to an aromatic ring is 1. The number of benzene rings is 3. The van der Waals surface area contributed by atoms with E-state index in [4.69, 9.17) is 5.73 Å². The summed E-state index contributed by atoms with van der Waals surface area (Å²) in [7, 11) is -4.51. The highest BCUT2D eigenvalue weighted by Gasteiger charge is 2.19. The molecule has 3 aromatic rings. The molecule has 0 spiro atoms. The average molecular weight is 315 g/mol. The van der Waals surface area contributed by atoms with Crippen molar-refractivity contribution >= 4 is 26.6 Å². The van der Waals surface area contributed by atoms with Crippen LogP contribution in [0, 0.1) is 0 Å². The van der Waals surface area contributed by atoms with Crippen molar-refractivity contribution in [2.45, 2.75) is 4.90 Å². The molecule has 0 saturated heterocycles. The highest BCUT2D eigenvalue weighted by atomic mass is 32.2. The largest absolute Gasteiger partial charge is 0.505 e. The van der Waals surface area contributed by atoms with Crippen LogP contribution in [0.5, 0.6) is 5.75 Å². The lowest BCUT2D eigenvalue weighted by Crippen LogP contribution is -2.03. The minimum absolute atomic E-state index is 0.357. The molecule has 0 aliphatic rings. The van der Waals surface area contributed by atoms with E-state index in [1.807, 2.05) is 36.4 Å². The van der Waals surface area contributed by atoms with E-state index in [1.165, 1.54) is 6.07 Å². The third-order valence-electron chi connectivity index (χ3n) is 3.50. The average Bonchev–Trinajstić information content (AvgIpc) is 2.50. The fraction of sp³-hybridized carbons (Fsp3) is 0. The minimum Gasteiger partial charge on any atom is -0.505 e. The van der Waals surface area contributed by atoms with Gasteiger partial charge in [0.2, 0.25) is 0 Å². The molecule has 0 heterocycles. The second-order valence-corrected chi connectivity index (χ2v) is 6.30. The Morgan fingerprint density at radius 3 is 2.23 bits per heavy atom. The van der Waals surface area contributed by atoms with Crippen molar-refractivity contribution in [1.29, 1.82) is 0 Å². The summed E-state index contributed by atoms with van der Waals surface area (Å²) in [6.45, 7) is 0. The highest BCUT2D eigenvalue weighted by molar-refractivity contribution is 7.86. The van der Waals surface area contributed by atoms with Gasteiger partial charge in [0.1, 0.15) is 10.6 Å². The molecule has 6 heteroatoms. The van der Waals surface area contributed by atoms with Crippen LogP contribution in [0.1, 0.15) is 0 Å². The molecule has 0 unspecified atom stereocenters. The first-order valence-corrected chi connectivity index (χ1v) is 7.90. The van der Waals surface area contributed by atoms with Crippen LogP contribution in [-0.4, -0.2) is 18.1 Å². The lowest BCUT2D eigenvalue weighted by atomic mass is 10.0. The number of aromatic hydroxyl groups is 1. The van der Waals surface area contributed by atoms with Gasteiger partial charge in [-0.1, -0.05) is 36.4 Å². The smallest absolute Gasteiger partial charge is 0.296 e. The predicted molar refractivity (Wildman–Crippen MR) is 85.3 cm³/mol. The lowest BCUT2D eigenvalue weighted by molar-refractivity contribution is 0.473. The van der Waals surface area contributed by atoms with Crippen LogP contribution >= 0.6 is 0 Å². The van der Waals surface area contributed by atoms with Gasteiger partial charge < -0.3 is 10.8 Å². The number of nitrogens with two attached hydrogens (primary N) is 1. The highest BCUT2D eigenvalue weighted by Crippen LogP contribution is 2.37. The van der Waals surface area contributed by atoms with Crippen LogP contribution in [0.3, 0.4) is 0 Å². The summed E-state index contributed by atoms with van der Waals surface area (Å²) in [6, 6.07) is 16.0. The van der Waals surface area contributed by atoms with Crippen molar-refractivity contribution in [2.24, 2.45) is 0 Å². The van der Waals surface area contributed by atoms with Crippen molar-refractivity contribution in [3.05, 3.63) is 54.6 Å². The third-order valence-corrected chi connectivity index (χ3v) is 4.39. The number of fused-ring (bicyclic) bond motifs is 1. The molecule has 0 radical (unpaired) electrons. The Morgan fingerprint density at radius 1 is 0.909 bits per heavy atom. The second-order valence-electron chi connectivity index (χ2n) is 4.91. The zero-order chi connectivity index (χ0) is 15.9. The minimum atomic E-state index is -4.51. The molecule has 3 rings (SSSR count). The van der Waals surface area contributed by atoms with Gasteiger partial charge in [-0.15, -0.1) is 0 Å². The molecule has 0 saturated carbocycles. The number of hydrogen-bond acceptors (Lipinski definition) is 4. The molecule has 0 fully saturated rings. The molecule has 5 nitrogen and oxygen atoms in total. The molecular weight excluding hydrogens is 302 g/mol. The van der Waals surface area contributed by atoms with Crippen molar-refractivity contribution < 1.29 is 18.1 Å². The van der Waals surface area contributed by atoms with Gasteiger partial charge in [-0.2, -0.15) is 8.42 Å². The van der Waals surface area contributed by atoms with Crippen LogP contribution in [0.2, 0.25) is 0 Å². The van der Waals surface area contributed by atoms with E-state index in [0.29, 0.717) is 10.8 Å². The van der Waals surface area contributed by atoms with Gasteiger partial charge >= 0.3 is 0 Å². The van der Waals surface area contributed by atoms with E-state index in [2.05, 4.69) is 0 Å². The second kappa shape index (κ2) is 5.01. The molecule has 0 aliphatic carbocycles. The van der Waals surface area contributed by atoms with Crippen LogP contribution in [0.15, 0.2) is 59.5 Å². The Labute approximate surface area is 127 Å². The molecule has 112 valence electrons. The van der Waals surface area contributed by atoms with Crippen molar-refractivity contribution in [3.63, 3.8) is 0 Å². The van der Waals surface area contributed by atoms with Crippen LogP contribution in [0.4, 0.5) is 5.69 Å². The summed E-state index contributed by atoms with van der Waals surface area (Å²) in [6.07, 6.45) is 0. The third kappa shape index (κ3) is 2.38. The zero-order valence-corrected chi connectivity index (χ0v) is 12.2. The summed E-state index contributed by atoms with van der Waals surface area (Å²) < 4.78 is 32.0. The number of anilines is 1. The zero-order valence-electron chi connectivity index (χ0n) is 11.4. The number of phenols is 1. The molecule has 0 atom stereocenters. The van der Waals surface area contributed by atoms with E-state index >= 15 is 0 Å². The molecule has 22 heavy (non-hydrogen) atoms. The van der Waals surface area contributed by atoms with Gasteiger partial charge in [0.25, 0.3) is 10.1 Å². The maximum Gasteiger partial charge on any atom is 0.296 e. The van der Waals surface area contributed by atoms with E-state index in [1.54, 1.807) is 12.1 Å². The Kier molecular flexibility index (Phi) is 3.27. The van der Waals surface area contributed by atoms with Crippen molar-refractivity contribution in [2.75, 3.05) is 5.73 Å². The SMILES string of the molecule is Nc1c(S(=O)(=O)O)cc2cc(-c3ccccc3)ccc2c1O. The molecule has 3 aromatic carbocycles. The predicted octanol–water partition coefficient (Wildman–Crippen LogP) is 3.04. The number of phenolic OH excluding ortho intramolecular Hbond substituents is 1. The molecule has 0 aliphatic heterocycles. The Hall–Kier alpha value is -2.57. The van der Waals surface area contributed by atoms with Crippen LogP contribution < -0.4 is 5.73 Å². The maximum absolute atomic E-state index is 11.4. The molecule has 4 N–H and O–H groups in total. The Bertz CT molecular complexity index is 966. The summed E-state index contributed by atoms with van der Waals surface area (Å²) >= 11 is 0. The van der Waals surface area contributed by atoms with Crippen molar-refractivity contribution in [1.82, 2.24) is 0 Å². The normalized spacial score (nSPS) is 11.7. The quantitative estimate of drug-likeness (QED) is 0.383. The first-order valence-electron chi connectivity index (χ1n) is 6.46. The van der Waals surface area contributed by atoms with Crippen LogP contribution in [-0.2, 0) is 10.1 Å². The number of rotatable bonds is 2. The Balaban J connectivity index is 2.31. The summed E-state index contributed by atoms with van der Waals surface area (Å²) in [4.78, 5) is -0.497. The van der Waals surface area contributed by atoms with E-state index in [0.717, 1.165) is 11.1 Å². The Morgan fingerprint density at radius 2 is 1.59 bits per heavy atom. The standard InChI is InChI=1S/C16H13NO4S/c17-15-14(22(19,20)21)9-12-8-11(6-7-13(12)16(15)18)10-4-2-1-3-5-10/h1-9,18H,17H2,(H,19,20,21). The lowest BCUT2D eigenvalue weighted by Gasteiger charge is -2.10. The number of hydrogen-bond donors (Lipinski definition) is 3. The maximum atomic E-state index is 11.4. The molecule has 0 aromatic heterocycles. The van der Waals surface area contributed by atoms with Gasteiger partial charge in [0, 0.05) is 5.39 Å². The molecule has 0 bridgehead atoms. The summed E-state index contributed by atoms with van der Waals surface area (Å²) in [5.74, 6) is -0.357. The fourth-order valence-electron chi connectivity index (χ4n) is 2.40. The summed E-state index contributed by atoms with van der Waals surface area (Å²) in [5, 5.41) is 11.0. The van der Waals surface area contributed by atoms with E-state index in [-0.39, 0.29) is 11.4 Å². The van der Waals surface area contributed by atoms with E-state index in [9.17, 15) is 18.1 Å². The first kappa shape index (κ1) is 14.4. The molecule has 0 amide bonds. The van der Waals surface area contributed by atoms with Gasteiger partial charge in [-0.25, -0.2) is 0 Å². The van der Waals surface area contributed by atoms with Crippen LogP contribution in [0.25, 0.3) is 21.9 Å². The fourth-order valence-corrected chi connectivity index (χ4v) is 3.05. The monoisotopic (exact) mass is 315 g/mol.